The van der Waals surface area contributed by atoms with Crippen molar-refractivity contribution in [3.05, 3.63) is 39.9 Å². The van der Waals surface area contributed by atoms with Gasteiger partial charge in [-0.05, 0) is 0 Å². The molecule has 0 bridgehead atoms. The van der Waals surface area contributed by atoms with E-state index in [1.807, 2.05) is 6.07 Å². The van der Waals surface area contributed by atoms with E-state index in [1.165, 1.54) is 6.33 Å². The van der Waals surface area contributed by atoms with Crippen molar-refractivity contribution in [3.8, 4) is 0 Å². The molecular formula is C10H4BN2O. The number of hydrogen-bond donors (Lipinski definition) is 0. The molecule has 0 saturated carbocycles. The number of nitrogens with zero attached hydrogens (tertiary/aromatic N) is 2. The van der Waals surface area contributed by atoms with Gasteiger partial charge in [-0.3, -0.25) is 0 Å². The van der Waals surface area contributed by atoms with Crippen molar-refractivity contribution >= 4 is 29.3 Å². The Bertz CT molecular complexity index is 667. The van der Waals surface area contributed by atoms with Gasteiger partial charge in [0.15, 0.2) is 0 Å². The Balaban J connectivity index is 2.91. The van der Waals surface area contributed by atoms with Crippen LogP contribution in [0.5, 0.6) is 0 Å². The van der Waals surface area contributed by atoms with Gasteiger partial charge in [0.25, 0.3) is 0 Å². The minimum atomic E-state index is -0.147. The number of aromatic nitrogens is 2. The average Bonchev–Trinajstić information content (AvgIpc) is 2.47. The third-order valence-electron chi connectivity index (χ3n) is 2.41. The molecule has 0 amide bonds. The molecule has 0 unspecified atom stereocenters. The summed E-state index contributed by atoms with van der Waals surface area (Å²) in [6.07, 6.45) is 1.42. The topological polar surface area (TPSA) is 42.9 Å². The fourth-order valence-electron chi connectivity index (χ4n) is 1.76. The van der Waals surface area contributed by atoms with E-state index in [4.69, 9.17) is 7.49 Å². The van der Waals surface area contributed by atoms with Crippen LogP contribution in [0, 0.1) is 5.11 Å². The summed E-state index contributed by atoms with van der Waals surface area (Å²) in [6, 6.07) is 5.39. The molecule has 3 aromatic rings. The Morgan fingerprint density at radius 2 is 2.07 bits per heavy atom. The molecule has 0 fully saturated rings. The third kappa shape index (κ3) is 0.731. The molecule has 0 atom stereocenters. The molecule has 3 rings (SSSR count). The molecule has 1 heterocycles. The van der Waals surface area contributed by atoms with Gasteiger partial charge in [0, 0.05) is 0 Å². The van der Waals surface area contributed by atoms with Crippen LogP contribution in [0.4, 0.5) is 0 Å². The van der Waals surface area contributed by atoms with E-state index in [1.54, 1.807) is 12.1 Å². The van der Waals surface area contributed by atoms with E-state index in [0.29, 0.717) is 10.9 Å². The molecule has 0 aliphatic rings. The average molecular weight is 179 g/mol. The van der Waals surface area contributed by atoms with Crippen molar-refractivity contribution in [3.63, 3.8) is 0 Å². The van der Waals surface area contributed by atoms with E-state index < -0.39 is 0 Å². The third-order valence-corrected chi connectivity index (χ3v) is 2.41. The minimum absolute atomic E-state index is 0.147. The normalized spacial score (nSPS) is 11.4. The Morgan fingerprint density at radius 1 is 1.21 bits per heavy atom. The summed E-state index contributed by atoms with van der Waals surface area (Å²) in [7, 11) is 5.66. The zero-order chi connectivity index (χ0) is 9.71. The van der Waals surface area contributed by atoms with Crippen molar-refractivity contribution in [2.24, 2.45) is 0 Å². The van der Waals surface area contributed by atoms with Crippen molar-refractivity contribution in [1.29, 1.82) is 0 Å². The number of rotatable bonds is 0. The molecule has 3 nitrogen and oxygen atoms in total. The quantitative estimate of drug-likeness (QED) is 0.477. The Morgan fingerprint density at radius 3 is 2.93 bits per heavy atom. The zero-order valence-corrected chi connectivity index (χ0v) is 7.19. The molecule has 0 saturated heterocycles. The second kappa shape index (κ2) is 2.35. The molecule has 0 aliphatic heterocycles. The van der Waals surface area contributed by atoms with Crippen LogP contribution in [-0.2, 0) is 0 Å². The monoisotopic (exact) mass is 179 g/mol. The summed E-state index contributed by atoms with van der Waals surface area (Å²) in [5.41, 5.74) is 1.18. The van der Waals surface area contributed by atoms with Crippen LogP contribution < -0.4 is 5.43 Å². The first kappa shape index (κ1) is 7.56. The summed E-state index contributed by atoms with van der Waals surface area (Å²) >= 11 is 0. The second-order valence-electron chi connectivity index (χ2n) is 3.16. The van der Waals surface area contributed by atoms with Gasteiger partial charge in [0.05, 0.1) is 0 Å². The molecule has 1 radical (unpaired) electrons. The molecule has 63 valence electrons. The fraction of sp³-hybridized carbons (Fsp3) is 0. The summed E-state index contributed by atoms with van der Waals surface area (Å²) in [5.74, 6) is 0. The first-order chi connectivity index (χ1) is 6.79. The van der Waals surface area contributed by atoms with Crippen molar-refractivity contribution in [2.75, 3.05) is 0 Å². The van der Waals surface area contributed by atoms with Crippen LogP contribution in [0.1, 0.15) is 0 Å². The van der Waals surface area contributed by atoms with Crippen LogP contribution in [0.25, 0.3) is 21.8 Å². The van der Waals surface area contributed by atoms with Gasteiger partial charge in [0.2, 0.25) is 0 Å². The van der Waals surface area contributed by atoms with Gasteiger partial charge in [-0.2, -0.15) is 0 Å². The standard InChI is InChI=1S/C10H4BN2O/c11-8-9-7-5(10(8)14)2-1-3-6(7)12-4-13-9/h1-4H. The van der Waals surface area contributed by atoms with Crippen LogP contribution in [0.15, 0.2) is 29.3 Å². The molecule has 2 aromatic carbocycles. The molecule has 0 aliphatic carbocycles. The van der Waals surface area contributed by atoms with E-state index in [2.05, 4.69) is 9.97 Å². The Kier molecular flexibility index (Phi) is 1.27. The number of benzene rings is 1. The first-order valence-corrected chi connectivity index (χ1v) is 4.20. The molecule has 4 heteroatoms. The molecule has 0 spiro atoms. The molecule has 0 N–H and O–H groups in total. The summed E-state index contributed by atoms with van der Waals surface area (Å²) in [6.45, 7) is 0. The maximum absolute atomic E-state index is 11.6. The van der Waals surface area contributed by atoms with Crippen LogP contribution in [0.3, 0.4) is 0 Å². The molecule has 14 heavy (non-hydrogen) atoms. The van der Waals surface area contributed by atoms with Gasteiger partial charge in [-0.1, -0.05) is 0 Å². The predicted molar refractivity (Wildman–Crippen MR) is 54.7 cm³/mol. The second-order valence-corrected chi connectivity index (χ2v) is 3.16. The molecule has 1 aromatic heterocycles. The van der Waals surface area contributed by atoms with Crippen LogP contribution in [0.2, 0.25) is 0 Å². The Hall–Kier alpha value is -1.84. The van der Waals surface area contributed by atoms with Gasteiger partial charge < -0.3 is 0 Å². The van der Waals surface area contributed by atoms with E-state index >= 15 is 0 Å². The van der Waals surface area contributed by atoms with Crippen molar-refractivity contribution in [1.82, 2.24) is 9.97 Å². The van der Waals surface area contributed by atoms with Crippen LogP contribution in [-0.4, -0.2) is 17.5 Å². The summed E-state index contributed by atoms with van der Waals surface area (Å²) in [4.78, 5) is 19.7. The van der Waals surface area contributed by atoms with Crippen molar-refractivity contribution < 1.29 is 0 Å². The van der Waals surface area contributed by atoms with Gasteiger partial charge >= 0.3 is 79.1 Å². The van der Waals surface area contributed by atoms with E-state index in [9.17, 15) is 4.79 Å². The van der Waals surface area contributed by atoms with E-state index in [0.717, 1.165) is 10.9 Å². The van der Waals surface area contributed by atoms with Gasteiger partial charge in [0.1, 0.15) is 0 Å². The zero-order valence-electron chi connectivity index (χ0n) is 7.19. The van der Waals surface area contributed by atoms with Gasteiger partial charge in [-0.25, -0.2) is 0 Å². The van der Waals surface area contributed by atoms with Gasteiger partial charge in [-0.15, -0.1) is 0 Å². The Labute approximate surface area is 79.8 Å². The maximum atomic E-state index is 11.6. The fourth-order valence-corrected chi connectivity index (χ4v) is 1.76. The predicted octanol–water partition coefficient (Wildman–Crippen LogP) is 0.719. The first-order valence-electron chi connectivity index (χ1n) is 4.20. The van der Waals surface area contributed by atoms with Crippen LogP contribution >= 0.6 is 0 Å². The molecular weight excluding hydrogens is 175 g/mol. The SMILES string of the molecule is [B]=c1c(=O)c2cccc3ncnc1c32. The summed E-state index contributed by atoms with van der Waals surface area (Å²) < 4.78 is 0. The summed E-state index contributed by atoms with van der Waals surface area (Å²) in [5, 5.41) is 1.60. The number of hydrogen-bond acceptors (Lipinski definition) is 3. The van der Waals surface area contributed by atoms with Crippen molar-refractivity contribution in [2.45, 2.75) is 0 Å². The van der Waals surface area contributed by atoms with E-state index in [-0.39, 0.29) is 10.5 Å².